The number of nitrogens with zero attached hydrogens (tertiary/aromatic N) is 5. The van der Waals surface area contributed by atoms with Crippen LogP contribution in [0.4, 0.5) is 0 Å². The Balaban J connectivity index is 2.11. The molecule has 5 rings (SSSR count). The first-order valence-electron chi connectivity index (χ1n) is 6.06. The molecular weight excluding hydrogens is 387 g/mol. The molecule has 4 aromatic rings. The zero-order valence-electron chi connectivity index (χ0n) is 10.5. The molecule has 0 unspecified atom stereocenters. The van der Waals surface area contributed by atoms with Crippen LogP contribution in [0.3, 0.4) is 0 Å². The van der Waals surface area contributed by atoms with Crippen molar-refractivity contribution in [3.63, 3.8) is 0 Å². The van der Waals surface area contributed by atoms with Crippen molar-refractivity contribution in [1.29, 1.82) is 5.41 Å². The fourth-order valence-electron chi connectivity index (χ4n) is 2.71. The number of rotatable bonds is 0. The van der Waals surface area contributed by atoms with Gasteiger partial charge in [0.2, 0.25) is 0 Å². The van der Waals surface area contributed by atoms with Gasteiger partial charge >= 0.3 is 139 Å². The maximum absolute atomic E-state index is 8.56. The SMILES string of the molecule is N=C1/C(=N\[Se])c2ncsc2-c2c1c1scnc1c1nonc21. The first-order chi connectivity index (χ1) is 10.8. The molecule has 0 bridgehead atoms. The molecule has 0 aliphatic heterocycles. The van der Waals surface area contributed by atoms with E-state index in [4.69, 9.17) is 10.0 Å². The molecule has 0 spiro atoms. The second kappa shape index (κ2) is 4.26. The summed E-state index contributed by atoms with van der Waals surface area (Å²) in [7, 11) is 0. The number of fused-ring (bicyclic) bond motifs is 8. The van der Waals surface area contributed by atoms with Gasteiger partial charge in [-0.05, 0) is 0 Å². The van der Waals surface area contributed by atoms with Gasteiger partial charge in [-0.3, -0.25) is 0 Å². The Morgan fingerprint density at radius 3 is 2.73 bits per heavy atom. The number of hydrogen-bond donors (Lipinski definition) is 1. The third-order valence-electron chi connectivity index (χ3n) is 3.59. The van der Waals surface area contributed by atoms with E-state index in [1.807, 2.05) is 0 Å². The average molecular weight is 390 g/mol. The van der Waals surface area contributed by atoms with Gasteiger partial charge in [0.1, 0.15) is 0 Å². The molecule has 1 aromatic carbocycles. The Morgan fingerprint density at radius 2 is 1.86 bits per heavy atom. The molecule has 7 nitrogen and oxygen atoms in total. The summed E-state index contributed by atoms with van der Waals surface area (Å²) in [5, 5.41) is 16.6. The summed E-state index contributed by atoms with van der Waals surface area (Å²) in [6.45, 7) is 0. The first-order valence-corrected chi connectivity index (χ1v) is 8.59. The van der Waals surface area contributed by atoms with Gasteiger partial charge in [-0.1, -0.05) is 0 Å². The van der Waals surface area contributed by atoms with Crippen molar-refractivity contribution in [2.45, 2.75) is 0 Å². The molecule has 3 heterocycles. The van der Waals surface area contributed by atoms with E-state index in [0.717, 1.165) is 20.7 Å². The monoisotopic (exact) mass is 391 g/mol. The van der Waals surface area contributed by atoms with Crippen molar-refractivity contribution in [3.05, 3.63) is 22.3 Å². The average Bonchev–Trinajstić information content (AvgIpc) is 3.25. The van der Waals surface area contributed by atoms with Crippen LogP contribution in [0, 0.1) is 5.41 Å². The van der Waals surface area contributed by atoms with Crippen LogP contribution >= 0.6 is 22.7 Å². The van der Waals surface area contributed by atoms with Crippen LogP contribution in [0.5, 0.6) is 0 Å². The van der Waals surface area contributed by atoms with Gasteiger partial charge in [0.15, 0.2) is 0 Å². The van der Waals surface area contributed by atoms with Crippen molar-refractivity contribution in [3.8, 4) is 10.4 Å². The molecule has 0 atom stereocenters. The van der Waals surface area contributed by atoms with Gasteiger partial charge in [-0.25, -0.2) is 0 Å². The van der Waals surface area contributed by atoms with E-state index < -0.39 is 0 Å². The molecule has 0 fully saturated rings. The Labute approximate surface area is 138 Å². The van der Waals surface area contributed by atoms with Gasteiger partial charge in [-0.15, -0.1) is 0 Å². The molecule has 0 amide bonds. The van der Waals surface area contributed by atoms with E-state index >= 15 is 0 Å². The zero-order chi connectivity index (χ0) is 14.8. The van der Waals surface area contributed by atoms with Crippen molar-refractivity contribution in [2.75, 3.05) is 0 Å². The van der Waals surface area contributed by atoms with Crippen LogP contribution in [0.25, 0.3) is 31.7 Å². The van der Waals surface area contributed by atoms with E-state index in [1.54, 1.807) is 11.0 Å². The minimum absolute atomic E-state index is 0.311. The number of aromatic nitrogens is 4. The number of nitrogens with one attached hydrogen (secondary N) is 1. The molecule has 1 aliphatic carbocycles. The zero-order valence-corrected chi connectivity index (χ0v) is 13.9. The van der Waals surface area contributed by atoms with Gasteiger partial charge in [0.25, 0.3) is 0 Å². The summed E-state index contributed by atoms with van der Waals surface area (Å²) >= 11 is 5.59. The summed E-state index contributed by atoms with van der Waals surface area (Å²) in [5.41, 5.74) is 8.56. The molecule has 105 valence electrons. The van der Waals surface area contributed by atoms with Crippen LogP contribution in [0.15, 0.2) is 19.7 Å². The predicted molar refractivity (Wildman–Crippen MR) is 85.2 cm³/mol. The summed E-state index contributed by atoms with van der Waals surface area (Å²) in [6, 6.07) is 0. The Hall–Kier alpha value is -2.00. The molecule has 1 N–H and O–H groups in total. The van der Waals surface area contributed by atoms with E-state index in [9.17, 15) is 0 Å². The molecule has 10 heteroatoms. The van der Waals surface area contributed by atoms with Crippen LogP contribution < -0.4 is 0 Å². The number of benzene rings is 1. The first kappa shape index (κ1) is 12.5. The van der Waals surface area contributed by atoms with E-state index in [1.165, 1.54) is 22.7 Å². The van der Waals surface area contributed by atoms with Gasteiger partial charge in [-0.2, -0.15) is 0 Å². The Morgan fingerprint density at radius 1 is 1.05 bits per heavy atom. The third kappa shape index (κ3) is 1.35. The minimum atomic E-state index is 0.311. The number of thiazole rings is 2. The summed E-state index contributed by atoms with van der Waals surface area (Å²) in [6.07, 6.45) is 0. The molecule has 0 saturated carbocycles. The Bertz CT molecular complexity index is 1120. The van der Waals surface area contributed by atoms with Gasteiger partial charge in [0, 0.05) is 0 Å². The Kier molecular flexibility index (Phi) is 2.43. The molecule has 3 aromatic heterocycles. The fraction of sp³-hybridized carbons (Fsp3) is 0. The second-order valence-corrected chi connectivity index (χ2v) is 6.68. The molecule has 1 radical (unpaired) electrons. The van der Waals surface area contributed by atoms with E-state index in [0.29, 0.717) is 33.7 Å². The van der Waals surface area contributed by atoms with Crippen LogP contribution in [-0.4, -0.2) is 47.9 Å². The van der Waals surface area contributed by atoms with Crippen molar-refractivity contribution < 1.29 is 4.63 Å². The fourth-order valence-corrected chi connectivity index (χ4v) is 4.77. The summed E-state index contributed by atoms with van der Waals surface area (Å²) in [5.74, 6) is 0. The van der Waals surface area contributed by atoms with Crippen LogP contribution in [0.1, 0.15) is 11.3 Å². The van der Waals surface area contributed by atoms with Crippen molar-refractivity contribution in [2.24, 2.45) is 4.01 Å². The molecule has 0 saturated heterocycles. The topological polar surface area (TPSA) is 101 Å². The molecule has 22 heavy (non-hydrogen) atoms. The van der Waals surface area contributed by atoms with E-state index in [2.05, 4.69) is 40.5 Å². The normalized spacial score (nSPS) is 15.6. The predicted octanol–water partition coefficient (Wildman–Crippen LogP) is 2.21. The van der Waals surface area contributed by atoms with Crippen LogP contribution in [0.2, 0.25) is 0 Å². The summed E-state index contributed by atoms with van der Waals surface area (Å²) < 4.78 is 9.96. The quantitative estimate of drug-likeness (QED) is 0.464. The standard InChI is InChI=1S/C12H3N6OS2Se/c13-5-3-4(12-9(7(5)18-22)14-1-21-12)6-8(17-19-16-6)10-11(3)20-2-15-10/h1-2,13H/b13-5?,18-7+. The van der Waals surface area contributed by atoms with Crippen LogP contribution in [-0.2, 0) is 0 Å². The molecule has 1 aliphatic rings. The van der Waals surface area contributed by atoms with Crippen molar-refractivity contribution in [1.82, 2.24) is 20.3 Å². The molecular formula is C12H3N6OS2Se. The summed E-state index contributed by atoms with van der Waals surface area (Å²) in [4.78, 5) is 9.64. The maximum atomic E-state index is 8.56. The third-order valence-corrected chi connectivity index (χ3v) is 5.66. The van der Waals surface area contributed by atoms with Crippen molar-refractivity contribution >= 4 is 71.6 Å². The van der Waals surface area contributed by atoms with Gasteiger partial charge < -0.3 is 0 Å². The van der Waals surface area contributed by atoms with Gasteiger partial charge in [0.05, 0.1) is 0 Å². The number of hydrogen-bond acceptors (Lipinski definition) is 9. The second-order valence-electron chi connectivity index (χ2n) is 4.59. The van der Waals surface area contributed by atoms with E-state index in [-0.39, 0.29) is 0 Å².